The van der Waals surface area contributed by atoms with Gasteiger partial charge in [0, 0.05) is 18.8 Å². The van der Waals surface area contributed by atoms with Gasteiger partial charge in [-0.1, -0.05) is 88.4 Å². The van der Waals surface area contributed by atoms with Gasteiger partial charge in [-0.15, -0.1) is 0 Å². The zero-order valence-electron chi connectivity index (χ0n) is 32.5. The molecule has 1 N–H and O–H groups in total. The molecule has 2 heterocycles. The molecule has 0 aliphatic carbocycles. The SMILES string of the molecule is CCC(OC(=O)c1ccccc1)C(C)C1OC1CC(C)/C=C/C=C(\C)C1OC(=O)CC(OC(=O)c2ccccc2)CCC(C)(O)C(OC(C)=O)/C=C/C1C. The summed E-state index contributed by atoms with van der Waals surface area (Å²) in [5.74, 6) is -2.16. The van der Waals surface area contributed by atoms with E-state index < -0.39 is 41.8 Å². The van der Waals surface area contributed by atoms with Crippen LogP contribution >= 0.6 is 0 Å². The zero-order valence-corrected chi connectivity index (χ0v) is 32.5. The maximum atomic E-state index is 13.4. The molecule has 2 aliphatic heterocycles. The van der Waals surface area contributed by atoms with E-state index in [9.17, 15) is 24.3 Å². The predicted molar refractivity (Wildman–Crippen MR) is 204 cm³/mol. The second-order valence-electron chi connectivity index (χ2n) is 14.9. The molecule has 10 heteroatoms. The van der Waals surface area contributed by atoms with E-state index in [0.29, 0.717) is 17.5 Å². The largest absolute Gasteiger partial charge is 0.458 e. The molecule has 10 unspecified atom stereocenters. The van der Waals surface area contributed by atoms with Gasteiger partial charge in [-0.25, -0.2) is 9.59 Å². The number of benzene rings is 2. The van der Waals surface area contributed by atoms with Crippen LogP contribution in [-0.4, -0.2) is 71.2 Å². The van der Waals surface area contributed by atoms with Crippen LogP contribution in [0.2, 0.25) is 0 Å². The van der Waals surface area contributed by atoms with Gasteiger partial charge in [0.1, 0.15) is 30.0 Å². The molecule has 1 saturated heterocycles. The third kappa shape index (κ3) is 12.5. The monoisotopic (exact) mass is 744 g/mol. The molecule has 2 aliphatic rings. The van der Waals surface area contributed by atoms with Crippen LogP contribution in [0.5, 0.6) is 0 Å². The summed E-state index contributed by atoms with van der Waals surface area (Å²) in [6.45, 7) is 12.8. The van der Waals surface area contributed by atoms with Crippen LogP contribution in [0.15, 0.2) is 96.6 Å². The van der Waals surface area contributed by atoms with E-state index in [4.69, 9.17) is 23.7 Å². The molecule has 0 radical (unpaired) electrons. The van der Waals surface area contributed by atoms with Crippen LogP contribution < -0.4 is 0 Å². The second kappa shape index (κ2) is 19.7. The molecular formula is C44H56O10. The first-order chi connectivity index (χ1) is 25.7. The van der Waals surface area contributed by atoms with Gasteiger partial charge in [0.25, 0.3) is 0 Å². The fourth-order valence-electron chi connectivity index (χ4n) is 6.81. The van der Waals surface area contributed by atoms with E-state index in [0.717, 1.165) is 12.0 Å². The third-order valence-corrected chi connectivity index (χ3v) is 10.1. The number of rotatable bonds is 13. The highest BCUT2D eigenvalue weighted by Gasteiger charge is 2.46. The molecule has 54 heavy (non-hydrogen) atoms. The van der Waals surface area contributed by atoms with Crippen LogP contribution in [0, 0.1) is 17.8 Å². The maximum absolute atomic E-state index is 13.4. The zero-order chi connectivity index (χ0) is 39.4. The summed E-state index contributed by atoms with van der Waals surface area (Å²) in [7, 11) is 0. The third-order valence-electron chi connectivity index (χ3n) is 10.1. The van der Waals surface area contributed by atoms with Crippen molar-refractivity contribution in [3.8, 4) is 0 Å². The van der Waals surface area contributed by atoms with Crippen molar-refractivity contribution in [2.24, 2.45) is 17.8 Å². The van der Waals surface area contributed by atoms with Crippen molar-refractivity contribution in [3.63, 3.8) is 0 Å². The summed E-state index contributed by atoms with van der Waals surface area (Å²) in [5, 5.41) is 11.4. The topological polar surface area (TPSA) is 138 Å². The number of epoxide rings is 1. The first-order valence-corrected chi connectivity index (χ1v) is 19.0. The Morgan fingerprint density at radius 1 is 0.963 bits per heavy atom. The number of aliphatic hydroxyl groups is 1. The Hall–Kier alpha value is -4.54. The van der Waals surface area contributed by atoms with E-state index in [1.54, 1.807) is 61.5 Å². The predicted octanol–water partition coefficient (Wildman–Crippen LogP) is 7.75. The van der Waals surface area contributed by atoms with Gasteiger partial charge in [0.05, 0.1) is 29.8 Å². The van der Waals surface area contributed by atoms with E-state index in [-0.39, 0.29) is 61.3 Å². The number of cyclic esters (lactones) is 1. The summed E-state index contributed by atoms with van der Waals surface area (Å²) >= 11 is 0. The highest BCUT2D eigenvalue weighted by atomic mass is 16.6. The minimum atomic E-state index is -1.51. The number of ether oxygens (including phenoxy) is 5. The van der Waals surface area contributed by atoms with E-state index in [1.807, 2.05) is 51.1 Å². The quantitative estimate of drug-likeness (QED) is 0.0713. The average molecular weight is 745 g/mol. The normalized spacial score (nSPS) is 28.7. The van der Waals surface area contributed by atoms with Crippen molar-refractivity contribution >= 4 is 23.9 Å². The fraction of sp³-hybridized carbons (Fsp3) is 0.500. The van der Waals surface area contributed by atoms with Gasteiger partial charge >= 0.3 is 23.9 Å². The molecule has 10 nitrogen and oxygen atoms in total. The lowest BCUT2D eigenvalue weighted by molar-refractivity contribution is -0.157. The molecule has 292 valence electrons. The summed E-state index contributed by atoms with van der Waals surface area (Å²) < 4.78 is 29.2. The fourth-order valence-corrected chi connectivity index (χ4v) is 6.81. The van der Waals surface area contributed by atoms with Crippen molar-refractivity contribution in [2.75, 3.05) is 0 Å². The highest BCUT2D eigenvalue weighted by Crippen LogP contribution is 2.37. The Kier molecular flexibility index (Phi) is 15.4. The van der Waals surface area contributed by atoms with Crippen LogP contribution in [0.25, 0.3) is 0 Å². The van der Waals surface area contributed by atoms with Crippen molar-refractivity contribution in [3.05, 3.63) is 108 Å². The summed E-state index contributed by atoms with van der Waals surface area (Å²) in [5.41, 5.74) is 0.134. The smallest absolute Gasteiger partial charge is 0.338 e. The van der Waals surface area contributed by atoms with Crippen molar-refractivity contribution in [1.82, 2.24) is 0 Å². The summed E-state index contributed by atoms with van der Waals surface area (Å²) in [4.78, 5) is 51.0. The Morgan fingerprint density at radius 3 is 2.20 bits per heavy atom. The van der Waals surface area contributed by atoms with Crippen molar-refractivity contribution in [2.45, 2.75) is 123 Å². The van der Waals surface area contributed by atoms with E-state index >= 15 is 0 Å². The van der Waals surface area contributed by atoms with Gasteiger partial charge in [0.2, 0.25) is 0 Å². The van der Waals surface area contributed by atoms with E-state index in [1.165, 1.54) is 6.92 Å². The minimum absolute atomic E-state index is 0.00213. The number of hydrogen-bond acceptors (Lipinski definition) is 10. The molecule has 1 fully saturated rings. The van der Waals surface area contributed by atoms with Crippen LogP contribution in [0.4, 0.5) is 0 Å². The first kappa shape index (κ1) is 42.2. The van der Waals surface area contributed by atoms with Crippen LogP contribution in [0.3, 0.4) is 0 Å². The molecule has 0 saturated carbocycles. The van der Waals surface area contributed by atoms with Crippen molar-refractivity contribution in [1.29, 1.82) is 0 Å². The molecule has 2 aromatic rings. The van der Waals surface area contributed by atoms with Gasteiger partial charge in [-0.2, -0.15) is 0 Å². The second-order valence-corrected chi connectivity index (χ2v) is 14.9. The lowest BCUT2D eigenvalue weighted by Gasteiger charge is -2.33. The molecule has 0 amide bonds. The number of allylic oxidation sites excluding steroid dienone is 3. The molecule has 0 aromatic heterocycles. The van der Waals surface area contributed by atoms with Crippen LogP contribution in [-0.2, 0) is 33.3 Å². The Balaban J connectivity index is 1.42. The maximum Gasteiger partial charge on any atom is 0.338 e. The van der Waals surface area contributed by atoms with Gasteiger partial charge in [-0.05, 0) is 81.4 Å². The highest BCUT2D eigenvalue weighted by molar-refractivity contribution is 5.90. The number of carbonyl (C=O) groups is 4. The molecule has 0 spiro atoms. The summed E-state index contributed by atoms with van der Waals surface area (Å²) in [6.07, 6.45) is 8.04. The number of esters is 4. The molecule has 2 aromatic carbocycles. The van der Waals surface area contributed by atoms with Gasteiger partial charge in [-0.3, -0.25) is 9.59 Å². The van der Waals surface area contributed by atoms with E-state index in [2.05, 4.69) is 19.9 Å². The summed E-state index contributed by atoms with van der Waals surface area (Å²) in [6, 6.07) is 17.5. The number of carbonyl (C=O) groups excluding carboxylic acids is 4. The molecule has 0 bridgehead atoms. The Labute approximate surface area is 319 Å². The van der Waals surface area contributed by atoms with Gasteiger partial charge in [0.15, 0.2) is 0 Å². The molecular weight excluding hydrogens is 688 g/mol. The van der Waals surface area contributed by atoms with Gasteiger partial charge < -0.3 is 28.8 Å². The Morgan fingerprint density at radius 2 is 1.59 bits per heavy atom. The Bertz CT molecular complexity index is 1650. The van der Waals surface area contributed by atoms with Crippen LogP contribution in [0.1, 0.15) is 101 Å². The van der Waals surface area contributed by atoms with Crippen molar-refractivity contribution < 1.29 is 48.0 Å². The standard InChI is InChI=1S/C44H56O10/c1-8-36(53-43(48)34-20-13-10-14-21-34)31(5)41-37(52-41)26-28(2)16-15-17-29(3)40-30(4)22-23-38(50-32(6)45)44(7,49)25-24-35(27-39(46)54-40)51-42(47)33-18-11-9-12-19-33/h9-23,28,30-31,35-38,40-41,49H,8,24-27H2,1-7H3/b16-15+,23-22+,29-17+. The minimum Gasteiger partial charge on any atom is -0.458 e. The number of hydrogen-bond donors (Lipinski definition) is 1. The molecule has 10 atom stereocenters. The molecule has 4 rings (SSSR count). The lowest BCUT2D eigenvalue weighted by atomic mass is 9.88. The first-order valence-electron chi connectivity index (χ1n) is 19.0. The average Bonchev–Trinajstić information content (AvgIpc) is 3.91. The lowest BCUT2D eigenvalue weighted by Crippen LogP contribution is -2.42.